The number of nitrogens with zero attached hydrogens (tertiary/aromatic N) is 2. The third kappa shape index (κ3) is 3.68. The van der Waals surface area contributed by atoms with Gasteiger partial charge in [0.15, 0.2) is 0 Å². The second-order valence-electron chi connectivity index (χ2n) is 10.7. The van der Waals surface area contributed by atoms with Crippen molar-refractivity contribution in [3.05, 3.63) is 139 Å². The van der Waals surface area contributed by atoms with Crippen molar-refractivity contribution >= 4 is 57.5 Å². The molecule has 0 bridgehead atoms. The second-order valence-corrected chi connectivity index (χ2v) is 11.8. The molecule has 0 radical (unpaired) electrons. The Morgan fingerprint density at radius 3 is 1.24 bits per heavy atom. The fourth-order valence-corrected chi connectivity index (χ4v) is 7.38. The Morgan fingerprint density at radius 1 is 0.439 bits per heavy atom. The van der Waals surface area contributed by atoms with Crippen LogP contribution in [0.2, 0.25) is 0 Å². The first-order valence-electron chi connectivity index (χ1n) is 14.1. The molecule has 0 aliphatic rings. The van der Waals surface area contributed by atoms with Crippen molar-refractivity contribution in [1.29, 1.82) is 0 Å². The SMILES string of the molecule is CPc1cc(-n2c3ccccc3c3ccccc32)ccc1-c1ccc(-n2c3ccccc3c3ccccc32)cc1C. The third-order valence-electron chi connectivity index (χ3n) is 8.45. The Hall–Kier alpha value is -4.65. The number of para-hydroxylation sites is 4. The molecule has 3 heteroatoms. The summed E-state index contributed by atoms with van der Waals surface area (Å²) in [6.45, 7) is 4.53. The van der Waals surface area contributed by atoms with Gasteiger partial charge in [-0.2, -0.15) is 0 Å². The van der Waals surface area contributed by atoms with E-state index in [-0.39, 0.29) is 0 Å². The average molecular weight is 545 g/mol. The van der Waals surface area contributed by atoms with Gasteiger partial charge in [-0.3, -0.25) is 0 Å². The minimum atomic E-state index is 0.686. The molecule has 6 aromatic carbocycles. The summed E-state index contributed by atoms with van der Waals surface area (Å²) >= 11 is 0. The largest absolute Gasteiger partial charge is 0.309 e. The molecule has 0 aliphatic heterocycles. The maximum absolute atomic E-state index is 2.41. The molecule has 2 heterocycles. The summed E-state index contributed by atoms with van der Waals surface area (Å²) in [5, 5.41) is 6.56. The Labute approximate surface area is 241 Å². The molecule has 0 N–H and O–H groups in total. The normalized spacial score (nSPS) is 12.0. The fourth-order valence-electron chi connectivity index (χ4n) is 6.60. The van der Waals surface area contributed by atoms with Crippen molar-refractivity contribution in [2.45, 2.75) is 6.92 Å². The van der Waals surface area contributed by atoms with Crippen LogP contribution in [0.25, 0.3) is 66.1 Å². The lowest BCUT2D eigenvalue weighted by Crippen LogP contribution is -2.05. The van der Waals surface area contributed by atoms with Crippen LogP contribution in [-0.4, -0.2) is 15.8 Å². The lowest BCUT2D eigenvalue weighted by atomic mass is 9.99. The Kier molecular flexibility index (Phi) is 5.59. The molecule has 0 saturated carbocycles. The summed E-state index contributed by atoms with van der Waals surface area (Å²) in [5.41, 5.74) is 11.3. The van der Waals surface area contributed by atoms with Crippen LogP contribution in [0.4, 0.5) is 0 Å². The topological polar surface area (TPSA) is 9.86 Å². The molecule has 1 unspecified atom stereocenters. The van der Waals surface area contributed by atoms with Crippen molar-refractivity contribution in [1.82, 2.24) is 9.13 Å². The first-order chi connectivity index (χ1) is 20.2. The third-order valence-corrected chi connectivity index (χ3v) is 9.40. The molecule has 0 aliphatic carbocycles. The van der Waals surface area contributed by atoms with E-state index in [0.29, 0.717) is 8.58 Å². The first kappa shape index (κ1) is 24.2. The minimum absolute atomic E-state index is 0.686. The zero-order valence-corrected chi connectivity index (χ0v) is 24.1. The fraction of sp³-hybridized carbons (Fsp3) is 0.0526. The summed E-state index contributed by atoms with van der Waals surface area (Å²) in [6, 6.07) is 48.8. The van der Waals surface area contributed by atoms with E-state index in [9.17, 15) is 0 Å². The molecule has 0 saturated heterocycles. The maximum atomic E-state index is 2.41. The van der Waals surface area contributed by atoms with Crippen LogP contribution in [-0.2, 0) is 0 Å². The smallest absolute Gasteiger partial charge is 0.0541 e. The van der Waals surface area contributed by atoms with Gasteiger partial charge in [0.1, 0.15) is 0 Å². The van der Waals surface area contributed by atoms with Crippen LogP contribution in [0.5, 0.6) is 0 Å². The highest BCUT2D eigenvalue weighted by molar-refractivity contribution is 7.46. The van der Waals surface area contributed by atoms with E-state index in [1.54, 1.807) is 0 Å². The van der Waals surface area contributed by atoms with E-state index >= 15 is 0 Å². The van der Waals surface area contributed by atoms with Gasteiger partial charge >= 0.3 is 0 Å². The van der Waals surface area contributed by atoms with Crippen molar-refractivity contribution in [2.24, 2.45) is 0 Å². The zero-order chi connectivity index (χ0) is 27.5. The lowest BCUT2D eigenvalue weighted by molar-refractivity contribution is 1.17. The predicted molar refractivity (Wildman–Crippen MR) is 179 cm³/mol. The highest BCUT2D eigenvalue weighted by Gasteiger charge is 2.16. The van der Waals surface area contributed by atoms with Crippen LogP contribution >= 0.6 is 8.58 Å². The standard InChI is InChI=1S/C38H29N2P/c1-25-23-26(39-34-15-7-3-11-29(34)30-12-4-8-16-35(30)39)19-21-28(25)33-22-20-27(24-38(33)41-2)40-36-17-9-5-13-31(36)32-14-6-10-18-37(32)40/h3-24,41H,1-2H3. The number of rotatable bonds is 4. The number of aryl methyl sites for hydroxylation is 1. The van der Waals surface area contributed by atoms with Crippen molar-refractivity contribution in [3.8, 4) is 22.5 Å². The molecular formula is C38H29N2P. The molecule has 1 atom stereocenters. The minimum Gasteiger partial charge on any atom is -0.309 e. The van der Waals surface area contributed by atoms with Gasteiger partial charge in [-0.25, -0.2) is 0 Å². The zero-order valence-electron chi connectivity index (χ0n) is 23.1. The van der Waals surface area contributed by atoms with Crippen LogP contribution in [0.3, 0.4) is 0 Å². The molecule has 2 aromatic heterocycles. The lowest BCUT2D eigenvalue weighted by Gasteiger charge is -2.16. The van der Waals surface area contributed by atoms with Crippen LogP contribution < -0.4 is 5.30 Å². The summed E-state index contributed by atoms with van der Waals surface area (Å²) in [4.78, 5) is 0. The van der Waals surface area contributed by atoms with Crippen molar-refractivity contribution in [2.75, 3.05) is 6.66 Å². The molecule has 41 heavy (non-hydrogen) atoms. The molecule has 8 rings (SSSR count). The summed E-state index contributed by atoms with van der Waals surface area (Å²) in [7, 11) is 0.686. The van der Waals surface area contributed by atoms with Gasteiger partial charge in [0.05, 0.1) is 22.1 Å². The van der Waals surface area contributed by atoms with Crippen LogP contribution in [0, 0.1) is 6.92 Å². The highest BCUT2D eigenvalue weighted by atomic mass is 31.1. The van der Waals surface area contributed by atoms with E-state index in [1.807, 2.05) is 0 Å². The molecular weight excluding hydrogens is 515 g/mol. The molecule has 2 nitrogen and oxygen atoms in total. The molecule has 8 aromatic rings. The van der Waals surface area contributed by atoms with Gasteiger partial charge in [-0.15, -0.1) is 0 Å². The number of hydrogen-bond acceptors (Lipinski definition) is 0. The summed E-state index contributed by atoms with van der Waals surface area (Å²) in [5.74, 6) is 0. The number of fused-ring (bicyclic) bond motifs is 6. The summed E-state index contributed by atoms with van der Waals surface area (Å²) in [6.07, 6.45) is 0. The van der Waals surface area contributed by atoms with E-state index in [4.69, 9.17) is 0 Å². The van der Waals surface area contributed by atoms with Gasteiger partial charge in [-0.1, -0.05) is 93.5 Å². The van der Waals surface area contributed by atoms with Crippen LogP contribution in [0.1, 0.15) is 5.56 Å². The van der Waals surface area contributed by atoms with Gasteiger partial charge in [0.2, 0.25) is 0 Å². The van der Waals surface area contributed by atoms with E-state index < -0.39 is 0 Å². The van der Waals surface area contributed by atoms with E-state index in [2.05, 4.69) is 156 Å². The van der Waals surface area contributed by atoms with Crippen molar-refractivity contribution in [3.63, 3.8) is 0 Å². The maximum Gasteiger partial charge on any atom is 0.0541 e. The summed E-state index contributed by atoms with van der Waals surface area (Å²) < 4.78 is 4.81. The monoisotopic (exact) mass is 544 g/mol. The number of benzene rings is 6. The Morgan fingerprint density at radius 2 is 0.829 bits per heavy atom. The number of hydrogen-bond donors (Lipinski definition) is 0. The predicted octanol–water partition coefficient (Wildman–Crippen LogP) is 9.79. The molecule has 196 valence electrons. The highest BCUT2D eigenvalue weighted by Crippen LogP contribution is 2.36. The molecule has 0 spiro atoms. The van der Waals surface area contributed by atoms with Crippen LogP contribution in [0.15, 0.2) is 133 Å². The number of aromatic nitrogens is 2. The quantitative estimate of drug-likeness (QED) is 0.195. The van der Waals surface area contributed by atoms with Crippen molar-refractivity contribution < 1.29 is 0 Å². The average Bonchev–Trinajstić information content (AvgIpc) is 3.54. The molecule has 0 fully saturated rings. The first-order valence-corrected chi connectivity index (χ1v) is 15.6. The Balaban J connectivity index is 1.27. The second kappa shape index (κ2) is 9.47. The van der Waals surface area contributed by atoms with E-state index in [1.165, 1.54) is 77.0 Å². The van der Waals surface area contributed by atoms with Gasteiger partial charge in [-0.05, 0) is 84.1 Å². The van der Waals surface area contributed by atoms with Gasteiger partial charge in [0, 0.05) is 32.9 Å². The molecule has 0 amide bonds. The van der Waals surface area contributed by atoms with Gasteiger partial charge in [0.25, 0.3) is 0 Å². The Bertz CT molecular complexity index is 2160. The van der Waals surface area contributed by atoms with Gasteiger partial charge < -0.3 is 9.13 Å². The van der Waals surface area contributed by atoms with E-state index in [0.717, 1.165) is 0 Å².